The summed E-state index contributed by atoms with van der Waals surface area (Å²) < 4.78 is 27.2. The number of rotatable bonds is 5. The minimum atomic E-state index is -0.337. The molecule has 0 radical (unpaired) electrons. The quantitative estimate of drug-likeness (QED) is 0.772. The van der Waals surface area contributed by atoms with Crippen molar-refractivity contribution in [3.8, 4) is 17.2 Å². The molecule has 3 aromatic rings. The Kier molecular flexibility index (Phi) is 4.30. The summed E-state index contributed by atoms with van der Waals surface area (Å²) in [6.45, 7) is 1.64. The van der Waals surface area contributed by atoms with Crippen molar-refractivity contribution >= 4 is 0 Å². The summed E-state index contributed by atoms with van der Waals surface area (Å²) in [7, 11) is 0. The van der Waals surface area contributed by atoms with Crippen molar-refractivity contribution in [3.05, 3.63) is 66.5 Å². The van der Waals surface area contributed by atoms with Gasteiger partial charge in [-0.2, -0.15) is 5.10 Å². The van der Waals surface area contributed by atoms with Crippen molar-refractivity contribution in [2.24, 2.45) is 0 Å². The van der Waals surface area contributed by atoms with Crippen LogP contribution in [0.25, 0.3) is 5.69 Å². The van der Waals surface area contributed by atoms with Crippen LogP contribution in [-0.4, -0.2) is 34.0 Å². The molecule has 2 aromatic carbocycles. The van der Waals surface area contributed by atoms with E-state index in [-0.39, 0.29) is 11.9 Å². The van der Waals surface area contributed by atoms with Crippen LogP contribution in [0.5, 0.6) is 11.5 Å². The van der Waals surface area contributed by atoms with Crippen LogP contribution in [0.4, 0.5) is 4.39 Å². The first kappa shape index (κ1) is 15.6. The van der Waals surface area contributed by atoms with Gasteiger partial charge in [-0.25, -0.2) is 14.1 Å². The van der Waals surface area contributed by atoms with E-state index in [0.717, 1.165) is 17.1 Å². The van der Waals surface area contributed by atoms with Gasteiger partial charge < -0.3 is 14.8 Å². The number of halogens is 1. The maximum Gasteiger partial charge on any atom is 0.161 e. The molecule has 4 rings (SSSR count). The molecule has 1 unspecified atom stereocenters. The molecule has 1 aliphatic rings. The van der Waals surface area contributed by atoms with Crippen LogP contribution in [0.15, 0.2) is 55.1 Å². The van der Waals surface area contributed by atoms with Crippen LogP contribution < -0.4 is 14.8 Å². The van der Waals surface area contributed by atoms with Gasteiger partial charge in [-0.1, -0.05) is 18.2 Å². The number of nitrogens with zero attached hydrogens (tertiary/aromatic N) is 3. The molecule has 0 fully saturated rings. The van der Waals surface area contributed by atoms with Gasteiger partial charge in [-0.15, -0.1) is 0 Å². The van der Waals surface area contributed by atoms with Crippen LogP contribution in [0.2, 0.25) is 0 Å². The van der Waals surface area contributed by atoms with E-state index in [1.165, 1.54) is 23.4 Å². The lowest BCUT2D eigenvalue weighted by Gasteiger charge is -2.26. The first-order chi connectivity index (χ1) is 12.3. The van der Waals surface area contributed by atoms with E-state index in [1.807, 2.05) is 30.3 Å². The highest BCUT2D eigenvalue weighted by molar-refractivity contribution is 5.40. The third-order valence-corrected chi connectivity index (χ3v) is 3.95. The van der Waals surface area contributed by atoms with Crippen molar-refractivity contribution in [2.45, 2.75) is 12.6 Å². The van der Waals surface area contributed by atoms with Gasteiger partial charge in [0, 0.05) is 13.1 Å². The fourth-order valence-corrected chi connectivity index (χ4v) is 2.72. The summed E-state index contributed by atoms with van der Waals surface area (Å²) in [6, 6.07) is 12.7. The largest absolute Gasteiger partial charge is 0.486 e. The molecule has 7 heteroatoms. The highest BCUT2D eigenvalue weighted by Gasteiger charge is 2.20. The highest BCUT2D eigenvalue weighted by Crippen LogP contribution is 2.30. The summed E-state index contributed by atoms with van der Waals surface area (Å²) in [5, 5.41) is 7.22. The van der Waals surface area contributed by atoms with E-state index in [0.29, 0.717) is 25.4 Å². The lowest BCUT2D eigenvalue weighted by molar-refractivity contribution is 0.0902. The molecule has 1 atom stereocenters. The van der Waals surface area contributed by atoms with E-state index in [1.54, 1.807) is 6.07 Å². The average molecular weight is 340 g/mol. The molecular weight excluding hydrogens is 323 g/mol. The van der Waals surface area contributed by atoms with E-state index >= 15 is 0 Å². The molecular formula is C18H17FN4O2. The first-order valence-corrected chi connectivity index (χ1v) is 8.02. The third kappa shape index (κ3) is 3.46. The first-order valence-electron chi connectivity index (χ1n) is 8.02. The van der Waals surface area contributed by atoms with E-state index in [4.69, 9.17) is 9.47 Å². The van der Waals surface area contributed by atoms with Crippen molar-refractivity contribution in [2.75, 3.05) is 13.2 Å². The van der Waals surface area contributed by atoms with Gasteiger partial charge in [0.25, 0.3) is 0 Å². The number of aromatic nitrogens is 3. The zero-order valence-corrected chi connectivity index (χ0v) is 13.4. The van der Waals surface area contributed by atoms with Gasteiger partial charge >= 0.3 is 0 Å². The summed E-state index contributed by atoms with van der Waals surface area (Å²) in [5.41, 5.74) is 1.22. The lowest BCUT2D eigenvalue weighted by Crippen LogP contribution is -2.38. The molecule has 2 heterocycles. The van der Waals surface area contributed by atoms with Crippen molar-refractivity contribution in [1.82, 2.24) is 20.1 Å². The molecule has 25 heavy (non-hydrogen) atoms. The molecule has 0 saturated carbocycles. The summed E-state index contributed by atoms with van der Waals surface area (Å²) in [4.78, 5) is 3.83. The van der Waals surface area contributed by atoms with E-state index < -0.39 is 0 Å². The van der Waals surface area contributed by atoms with Crippen LogP contribution >= 0.6 is 0 Å². The Labute approximate surface area is 144 Å². The number of benzene rings is 2. The zero-order valence-electron chi connectivity index (χ0n) is 13.4. The SMILES string of the molecule is Fc1cc(CNCC2COc3ccccc3O2)ccc1-n1cncn1. The molecule has 0 aliphatic carbocycles. The fourth-order valence-electron chi connectivity index (χ4n) is 2.72. The Morgan fingerprint density at radius 3 is 2.88 bits per heavy atom. The molecule has 1 aliphatic heterocycles. The average Bonchev–Trinajstić information content (AvgIpc) is 3.16. The molecule has 1 N–H and O–H groups in total. The van der Waals surface area contributed by atoms with Gasteiger partial charge in [0.05, 0.1) is 0 Å². The van der Waals surface area contributed by atoms with Crippen molar-refractivity contribution < 1.29 is 13.9 Å². The fraction of sp³-hybridized carbons (Fsp3) is 0.222. The maximum atomic E-state index is 14.2. The number of nitrogens with one attached hydrogen (secondary N) is 1. The Balaban J connectivity index is 1.33. The molecule has 0 saturated heterocycles. The van der Waals surface area contributed by atoms with Gasteiger partial charge in [-0.05, 0) is 29.8 Å². The number of hydrogen-bond acceptors (Lipinski definition) is 5. The molecule has 0 spiro atoms. The molecule has 128 valence electrons. The Hall–Kier alpha value is -2.93. The van der Waals surface area contributed by atoms with Gasteiger partial charge in [0.15, 0.2) is 11.5 Å². The lowest BCUT2D eigenvalue weighted by atomic mass is 10.2. The second-order valence-corrected chi connectivity index (χ2v) is 5.75. The van der Waals surface area contributed by atoms with Crippen LogP contribution in [0.3, 0.4) is 0 Å². The van der Waals surface area contributed by atoms with Crippen molar-refractivity contribution in [3.63, 3.8) is 0 Å². The number of fused-ring (bicyclic) bond motifs is 1. The summed E-state index contributed by atoms with van der Waals surface area (Å²) in [6.07, 6.45) is 2.77. The molecule has 0 bridgehead atoms. The van der Waals surface area contributed by atoms with Gasteiger partial charge in [0.1, 0.15) is 36.9 Å². The molecule has 6 nitrogen and oxygen atoms in total. The van der Waals surface area contributed by atoms with E-state index in [9.17, 15) is 4.39 Å². The minimum absolute atomic E-state index is 0.0748. The second-order valence-electron chi connectivity index (χ2n) is 5.75. The minimum Gasteiger partial charge on any atom is -0.486 e. The summed E-state index contributed by atoms with van der Waals surface area (Å²) >= 11 is 0. The van der Waals surface area contributed by atoms with Crippen LogP contribution in [0.1, 0.15) is 5.56 Å². The van der Waals surface area contributed by atoms with Gasteiger partial charge in [0.2, 0.25) is 0 Å². The third-order valence-electron chi connectivity index (χ3n) is 3.95. The molecule has 1 aromatic heterocycles. The number of para-hydroxylation sites is 2. The zero-order chi connectivity index (χ0) is 17.1. The number of ether oxygens (including phenoxy) is 2. The highest BCUT2D eigenvalue weighted by atomic mass is 19.1. The normalized spacial score (nSPS) is 16.0. The predicted molar refractivity (Wildman–Crippen MR) is 89.4 cm³/mol. The summed E-state index contributed by atoms with van der Waals surface area (Å²) in [5.74, 6) is 1.18. The number of hydrogen-bond donors (Lipinski definition) is 1. The Bertz CT molecular complexity index is 854. The predicted octanol–water partition coefficient (Wildman–Crippen LogP) is 2.34. The topological polar surface area (TPSA) is 61.2 Å². The monoisotopic (exact) mass is 340 g/mol. The smallest absolute Gasteiger partial charge is 0.161 e. The Morgan fingerprint density at radius 2 is 2.08 bits per heavy atom. The van der Waals surface area contributed by atoms with Gasteiger partial charge in [-0.3, -0.25) is 0 Å². The second kappa shape index (κ2) is 6.90. The van der Waals surface area contributed by atoms with E-state index in [2.05, 4.69) is 15.4 Å². The van der Waals surface area contributed by atoms with Crippen LogP contribution in [0, 0.1) is 5.82 Å². The molecule has 0 amide bonds. The Morgan fingerprint density at radius 1 is 1.20 bits per heavy atom. The van der Waals surface area contributed by atoms with Crippen LogP contribution in [-0.2, 0) is 6.54 Å². The standard InChI is InChI=1S/C18H17FN4O2/c19-15-7-13(5-6-16(15)23-12-21-11-22-23)8-20-9-14-10-24-17-3-1-2-4-18(17)25-14/h1-7,11-12,14,20H,8-10H2. The maximum absolute atomic E-state index is 14.2. The van der Waals surface area contributed by atoms with Crippen molar-refractivity contribution in [1.29, 1.82) is 0 Å².